The summed E-state index contributed by atoms with van der Waals surface area (Å²) in [5.74, 6) is -0.277. The third-order valence-corrected chi connectivity index (χ3v) is 4.90. The molecular weight excluding hydrogens is 366 g/mol. The Balaban J connectivity index is 2.04. The Morgan fingerprint density at radius 3 is 2.69 bits per heavy atom. The Hall–Kier alpha value is -3.48. The highest BCUT2D eigenvalue weighted by atomic mass is 16.1. The number of aryl methyl sites for hydroxylation is 4. The van der Waals surface area contributed by atoms with E-state index in [1.54, 1.807) is 23.9 Å². The minimum Gasteiger partial charge on any atom is -0.348 e. The molecule has 0 aromatic carbocycles. The van der Waals surface area contributed by atoms with Crippen LogP contribution in [0.4, 0.5) is 0 Å². The molecule has 3 aromatic heterocycles. The molecule has 0 fully saturated rings. The fraction of sp³-hybridized carbons (Fsp3) is 0.273. The van der Waals surface area contributed by atoms with Gasteiger partial charge in [0.2, 0.25) is 0 Å². The maximum atomic E-state index is 13.1. The van der Waals surface area contributed by atoms with Crippen LogP contribution in [-0.4, -0.2) is 25.7 Å². The second-order valence-corrected chi connectivity index (χ2v) is 7.17. The molecule has 3 heterocycles. The molecule has 1 amide bonds. The molecule has 0 aliphatic carbocycles. The van der Waals surface area contributed by atoms with Crippen molar-refractivity contribution in [1.82, 2.24) is 25.1 Å². The fourth-order valence-electron chi connectivity index (χ4n) is 3.45. The van der Waals surface area contributed by atoms with Crippen LogP contribution in [0.15, 0.2) is 35.7 Å². The fourth-order valence-corrected chi connectivity index (χ4v) is 3.45. The minimum absolute atomic E-state index is 0.139. The summed E-state index contributed by atoms with van der Waals surface area (Å²) < 4.78 is 1.67. The summed E-state index contributed by atoms with van der Waals surface area (Å²) in [5, 5.41) is 8.00. The predicted octanol–water partition coefficient (Wildman–Crippen LogP) is 3.10. The molecule has 0 unspecified atom stereocenters. The first-order chi connectivity index (χ1) is 13.7. The monoisotopic (exact) mass is 391 g/mol. The highest BCUT2D eigenvalue weighted by Crippen LogP contribution is 2.24. The summed E-state index contributed by atoms with van der Waals surface area (Å²) in [6.45, 7) is 11.3. The third kappa shape index (κ3) is 3.89. The van der Waals surface area contributed by atoms with Crippen molar-refractivity contribution in [3.8, 4) is 0 Å². The molecule has 0 saturated carbocycles. The minimum atomic E-state index is -0.277. The molecule has 3 rings (SSSR count). The van der Waals surface area contributed by atoms with Crippen LogP contribution in [0.2, 0.25) is 0 Å². The lowest BCUT2D eigenvalue weighted by Gasteiger charge is -2.11. The standard InChI is InChI=1S/C22H25N5O2/c1-7-8-12(2)18-10-16(19-15(5)26-27(6)20(19)25-18)21(28)23-11-17-13(3)9-14(4)24-22(17)29/h7-10H,1,11H2,2-6H3,(H,23,28)(H,24,29)/b12-8+. The van der Waals surface area contributed by atoms with Crippen LogP contribution in [-0.2, 0) is 13.6 Å². The van der Waals surface area contributed by atoms with Crippen molar-refractivity contribution in [3.05, 3.63) is 75.0 Å². The molecule has 0 bridgehead atoms. The van der Waals surface area contributed by atoms with Crippen molar-refractivity contribution in [2.45, 2.75) is 34.2 Å². The number of hydrogen-bond acceptors (Lipinski definition) is 4. The van der Waals surface area contributed by atoms with Gasteiger partial charge in [0.05, 0.1) is 22.3 Å². The lowest BCUT2D eigenvalue weighted by molar-refractivity contribution is 0.0952. The number of H-pyrrole nitrogens is 1. The van der Waals surface area contributed by atoms with E-state index in [1.165, 1.54) is 0 Å². The molecule has 7 nitrogen and oxygen atoms in total. The van der Waals surface area contributed by atoms with Crippen LogP contribution >= 0.6 is 0 Å². The van der Waals surface area contributed by atoms with Gasteiger partial charge in [-0.2, -0.15) is 5.10 Å². The molecule has 0 spiro atoms. The summed E-state index contributed by atoms with van der Waals surface area (Å²) in [6, 6.07) is 3.65. The number of carbonyl (C=O) groups excluding carboxylic acids is 1. The van der Waals surface area contributed by atoms with Crippen molar-refractivity contribution in [2.75, 3.05) is 0 Å². The molecule has 7 heteroatoms. The first-order valence-corrected chi connectivity index (χ1v) is 9.34. The zero-order valence-electron chi connectivity index (χ0n) is 17.4. The molecule has 150 valence electrons. The van der Waals surface area contributed by atoms with E-state index in [2.05, 4.69) is 27.0 Å². The van der Waals surface area contributed by atoms with E-state index in [0.29, 0.717) is 27.9 Å². The van der Waals surface area contributed by atoms with Crippen molar-refractivity contribution in [3.63, 3.8) is 0 Å². The van der Waals surface area contributed by atoms with E-state index < -0.39 is 0 Å². The third-order valence-electron chi connectivity index (χ3n) is 4.90. The van der Waals surface area contributed by atoms with Crippen LogP contribution in [0.1, 0.15) is 45.5 Å². The number of allylic oxidation sites excluding steroid dienone is 3. The van der Waals surface area contributed by atoms with Crippen molar-refractivity contribution >= 4 is 22.5 Å². The normalized spacial score (nSPS) is 11.7. The molecule has 0 saturated heterocycles. The van der Waals surface area contributed by atoms with Gasteiger partial charge in [0.15, 0.2) is 5.65 Å². The summed E-state index contributed by atoms with van der Waals surface area (Å²) in [6.07, 6.45) is 3.52. The molecular formula is C22H25N5O2. The van der Waals surface area contributed by atoms with Gasteiger partial charge in [-0.15, -0.1) is 0 Å². The van der Waals surface area contributed by atoms with E-state index in [4.69, 9.17) is 0 Å². The number of nitrogens with zero attached hydrogens (tertiary/aromatic N) is 3. The average Bonchev–Trinajstić information content (AvgIpc) is 2.94. The van der Waals surface area contributed by atoms with Gasteiger partial charge in [-0.25, -0.2) is 4.98 Å². The summed E-state index contributed by atoms with van der Waals surface area (Å²) in [5.41, 5.74) is 5.38. The Labute approximate surface area is 169 Å². The highest BCUT2D eigenvalue weighted by molar-refractivity contribution is 6.07. The second kappa shape index (κ2) is 7.87. The molecule has 3 aromatic rings. The first-order valence-electron chi connectivity index (χ1n) is 9.34. The zero-order valence-corrected chi connectivity index (χ0v) is 17.4. The Kier molecular flexibility index (Phi) is 5.50. The second-order valence-electron chi connectivity index (χ2n) is 7.17. The largest absolute Gasteiger partial charge is 0.348 e. The smallest absolute Gasteiger partial charge is 0.253 e. The number of rotatable bonds is 5. The number of amides is 1. The Morgan fingerprint density at radius 2 is 2.03 bits per heavy atom. The predicted molar refractivity (Wildman–Crippen MR) is 115 cm³/mol. The Morgan fingerprint density at radius 1 is 1.31 bits per heavy atom. The highest BCUT2D eigenvalue weighted by Gasteiger charge is 2.19. The molecule has 2 N–H and O–H groups in total. The number of pyridine rings is 2. The van der Waals surface area contributed by atoms with E-state index in [9.17, 15) is 9.59 Å². The van der Waals surface area contributed by atoms with Gasteiger partial charge in [-0.1, -0.05) is 18.7 Å². The van der Waals surface area contributed by atoms with Crippen LogP contribution < -0.4 is 10.9 Å². The van der Waals surface area contributed by atoms with E-state index in [1.807, 2.05) is 39.8 Å². The van der Waals surface area contributed by atoms with Gasteiger partial charge in [0.1, 0.15) is 0 Å². The van der Waals surface area contributed by atoms with Gasteiger partial charge >= 0.3 is 0 Å². The van der Waals surface area contributed by atoms with E-state index >= 15 is 0 Å². The first kappa shape index (κ1) is 20.3. The van der Waals surface area contributed by atoms with Gasteiger partial charge < -0.3 is 10.3 Å². The number of hydrogen-bond donors (Lipinski definition) is 2. The number of fused-ring (bicyclic) bond motifs is 1. The number of aromatic amines is 1. The molecule has 0 atom stereocenters. The Bertz CT molecular complexity index is 1210. The van der Waals surface area contributed by atoms with Crippen molar-refractivity contribution in [2.24, 2.45) is 7.05 Å². The molecule has 29 heavy (non-hydrogen) atoms. The number of carbonyl (C=O) groups is 1. The van der Waals surface area contributed by atoms with Gasteiger partial charge in [0, 0.05) is 24.8 Å². The maximum absolute atomic E-state index is 13.1. The van der Waals surface area contributed by atoms with E-state index in [0.717, 1.165) is 22.5 Å². The van der Waals surface area contributed by atoms with Crippen LogP contribution in [0.5, 0.6) is 0 Å². The van der Waals surface area contributed by atoms with Crippen LogP contribution in [0.25, 0.3) is 16.6 Å². The van der Waals surface area contributed by atoms with E-state index in [-0.39, 0.29) is 18.0 Å². The maximum Gasteiger partial charge on any atom is 0.253 e. The molecule has 0 aliphatic rings. The average molecular weight is 391 g/mol. The zero-order chi connectivity index (χ0) is 21.3. The van der Waals surface area contributed by atoms with Gasteiger partial charge in [-0.3, -0.25) is 14.3 Å². The quantitative estimate of drug-likeness (QED) is 0.654. The SMILES string of the molecule is C=C/C=C(\C)c1cc(C(=O)NCc2c(C)cc(C)[nH]c2=O)c2c(C)nn(C)c2n1. The molecule has 0 radical (unpaired) electrons. The summed E-state index contributed by atoms with van der Waals surface area (Å²) >= 11 is 0. The van der Waals surface area contributed by atoms with Crippen molar-refractivity contribution < 1.29 is 4.79 Å². The lowest BCUT2D eigenvalue weighted by atomic mass is 10.1. The van der Waals surface area contributed by atoms with Crippen LogP contribution in [0, 0.1) is 20.8 Å². The lowest BCUT2D eigenvalue weighted by Crippen LogP contribution is -2.28. The summed E-state index contributed by atoms with van der Waals surface area (Å²) in [4.78, 5) is 32.8. The number of aromatic nitrogens is 4. The summed E-state index contributed by atoms with van der Waals surface area (Å²) in [7, 11) is 1.80. The van der Waals surface area contributed by atoms with Crippen molar-refractivity contribution in [1.29, 1.82) is 0 Å². The van der Waals surface area contributed by atoms with Gasteiger partial charge in [-0.05, 0) is 51.0 Å². The number of nitrogens with one attached hydrogen (secondary N) is 2. The topological polar surface area (TPSA) is 92.7 Å². The molecule has 0 aliphatic heterocycles. The van der Waals surface area contributed by atoms with Gasteiger partial charge in [0.25, 0.3) is 11.5 Å². The van der Waals surface area contributed by atoms with Crippen LogP contribution in [0.3, 0.4) is 0 Å².